The van der Waals surface area contributed by atoms with E-state index < -0.39 is 35.7 Å². The molecule has 0 radical (unpaired) electrons. The standard InChI is InChI=1S/C24H20N2O4S.C23H18N2O4S.C14H9NO3S.C11H14O2.CH2Cl2.Li.2H2O.3H2S/c1-30-24(29)18(15-7-3-2-4-8-15)14-25-22(27)16-11-12-21-19(13-16)26-23(28)17-9-5-6-10-20(17)31-21;26-21(24-13-17(23(28)29)14-6-2-1-3-7-14)15-10-11-20-18(12-15)25-22(27)16-8-4-5-9-19(16)30-20;16-13-9-3-1-2-4-11(9)19-12-6-5-8(14(17)18)7-10(12)15-13;1-3-10(11(12)13-2)9-7-5-4-6-8-9;2-1-3;;;;;;/h2-13,18H,14H2,1H3,(H,25,27)(H,26,28);1-12,17H,13H2,(H,24,26)(H,25,27)(H,28,29);1-7H,(H,15,16)(H,17,18);4-8,10H,3H2,1-2H3;1H2;;5*1H2/q;;;;;+1;;;;;/p-1/t18-;17-;;10-;;;;;;;/m11.1......./s1. The maximum absolute atomic E-state index is 12.8. The van der Waals surface area contributed by atoms with Crippen LogP contribution in [0.5, 0.6) is 0 Å². The summed E-state index contributed by atoms with van der Waals surface area (Å²) in [6, 6.07) is 64.6. The van der Waals surface area contributed by atoms with E-state index in [1.807, 2.05) is 116 Å². The quantitative estimate of drug-likeness (QED) is 0.0302. The molecule has 3 aliphatic rings. The predicted octanol–water partition coefficient (Wildman–Crippen LogP) is 11.3. The van der Waals surface area contributed by atoms with Crippen LogP contribution in [0.3, 0.4) is 0 Å². The molecule has 0 bridgehead atoms. The van der Waals surface area contributed by atoms with E-state index in [1.165, 1.54) is 61.6 Å². The van der Waals surface area contributed by atoms with Gasteiger partial charge in [-0.1, -0.05) is 170 Å². The van der Waals surface area contributed by atoms with Crippen LogP contribution in [-0.4, -0.2) is 107 Å². The number of hydrogen-bond acceptors (Lipinski definition) is 15. The van der Waals surface area contributed by atoms with Crippen LogP contribution in [0.4, 0.5) is 17.1 Å². The van der Waals surface area contributed by atoms with Crippen LogP contribution < -0.4 is 45.4 Å². The van der Waals surface area contributed by atoms with Gasteiger partial charge >= 0.3 is 42.7 Å². The average molecular weight is 1530 g/mol. The number of carbonyl (C=O) groups excluding carboxylic acids is 7. The summed E-state index contributed by atoms with van der Waals surface area (Å²) in [6.07, 6.45) is 0.774. The van der Waals surface area contributed by atoms with Crippen molar-refractivity contribution in [2.45, 2.75) is 60.5 Å². The fraction of sp³-hybridized carbons (Fsp3) is 0.137. The molecule has 9 aromatic rings. The number of carbonyl (C=O) groups is 9. The first kappa shape index (κ1) is 89.5. The molecule has 3 heterocycles. The maximum atomic E-state index is 12.8. The number of fused-ring (bicyclic) bond motifs is 6. The number of hydrogen-bond donors (Lipinski definition) is 7. The topological polar surface area (TPSA) is 334 Å². The third kappa shape index (κ3) is 24.3. The average Bonchev–Trinajstić information content (AvgIpc) is 1.73. The number of anilines is 3. The Kier molecular flexibility index (Phi) is 39.2. The summed E-state index contributed by atoms with van der Waals surface area (Å²) in [7, 11) is 2.75. The van der Waals surface area contributed by atoms with E-state index in [2.05, 4.69) is 26.6 Å². The van der Waals surface area contributed by atoms with Gasteiger partial charge in [-0.05, 0) is 114 Å². The Hall–Kier alpha value is -8.59. The number of rotatable bonds is 14. The normalized spacial score (nSPS) is 12.0. The minimum atomic E-state index is -1.01. The van der Waals surface area contributed by atoms with Gasteiger partial charge in [0.15, 0.2) is 0 Å². The molecular weight excluding hydrogens is 1460 g/mol. The zero-order valence-corrected chi connectivity index (χ0v) is 62.1. The van der Waals surface area contributed by atoms with Crippen LogP contribution in [0, 0.1) is 0 Å². The third-order valence-electron chi connectivity index (χ3n) is 14.7. The predicted molar refractivity (Wildman–Crippen MR) is 409 cm³/mol. The Balaban J connectivity index is 0.000000466. The summed E-state index contributed by atoms with van der Waals surface area (Å²) in [4.78, 5) is 114. The molecule has 0 saturated carbocycles. The number of ether oxygens (including phenoxy) is 2. The molecule has 12 rings (SSSR count). The number of esters is 2. The fourth-order valence-electron chi connectivity index (χ4n) is 9.88. The molecule has 0 fully saturated rings. The van der Waals surface area contributed by atoms with Gasteiger partial charge < -0.3 is 57.2 Å². The van der Waals surface area contributed by atoms with Crippen molar-refractivity contribution in [1.29, 1.82) is 0 Å². The number of alkyl halides is 2. The number of amides is 5. The van der Waals surface area contributed by atoms with Gasteiger partial charge in [-0.15, -0.1) is 23.2 Å². The molecule has 5 amide bonds. The number of benzene rings is 9. The SMILES string of the molecule is CC[C@@H](C(=O)OC)c1ccccc1.COC(=O)[C@H](CNC(=O)c1ccc2c(c1)NC(=O)c1ccccc1S2)c1ccccc1.ClCCl.O.O=C(NC[C@@H](C(=O)O)c1ccccc1)c1ccc2c(c1)NC(=O)c1ccccc1S2.O=C(O)c1ccc2c(c1)NC(=O)c1ccccc1S2.S.S.S.[Li+].[OH-]. The van der Waals surface area contributed by atoms with Crippen molar-refractivity contribution in [2.24, 2.45) is 0 Å². The number of carboxylic acid groups (broad SMARTS) is 2. The third-order valence-corrected chi connectivity index (χ3v) is 18.2. The largest absolute Gasteiger partial charge is 1.00 e. The summed E-state index contributed by atoms with van der Waals surface area (Å²) in [5.41, 5.74) is 6.73. The summed E-state index contributed by atoms with van der Waals surface area (Å²) >= 11 is 13.9. The first-order chi connectivity index (χ1) is 46.4. The van der Waals surface area contributed by atoms with E-state index in [0.29, 0.717) is 50.4 Å². The number of nitrogens with one attached hydrogen (secondary N) is 5. The molecule has 10 N–H and O–H groups in total. The van der Waals surface area contributed by atoms with Crippen molar-refractivity contribution in [3.05, 3.63) is 268 Å². The van der Waals surface area contributed by atoms with Crippen molar-refractivity contribution >= 4 is 169 Å². The summed E-state index contributed by atoms with van der Waals surface area (Å²) in [5.74, 6) is -5.58. The molecule has 29 heteroatoms. The molecule has 530 valence electrons. The Labute approximate surface area is 645 Å². The molecule has 20 nitrogen and oxygen atoms in total. The minimum absolute atomic E-state index is 0. The molecule has 0 aliphatic carbocycles. The Morgan fingerprint density at radius 2 is 0.716 bits per heavy atom. The van der Waals surface area contributed by atoms with E-state index in [9.17, 15) is 48.3 Å². The second-order valence-corrected chi connectivity index (χ2v) is 24.9. The van der Waals surface area contributed by atoms with Crippen molar-refractivity contribution in [3.8, 4) is 0 Å². The van der Waals surface area contributed by atoms with Crippen molar-refractivity contribution in [3.63, 3.8) is 0 Å². The van der Waals surface area contributed by atoms with Crippen LogP contribution in [0.2, 0.25) is 0 Å². The van der Waals surface area contributed by atoms with Gasteiger partial charge in [-0.25, -0.2) is 4.79 Å². The maximum Gasteiger partial charge on any atom is 1.00 e. The number of aromatic carboxylic acids is 1. The molecule has 3 aliphatic heterocycles. The zero-order valence-electron chi connectivity index (χ0n) is 55.2. The Morgan fingerprint density at radius 3 is 1.04 bits per heavy atom. The van der Waals surface area contributed by atoms with Gasteiger partial charge in [0.25, 0.3) is 29.5 Å². The molecule has 0 unspecified atom stereocenters. The first-order valence-electron chi connectivity index (χ1n) is 29.6. The molecule has 102 heavy (non-hydrogen) atoms. The summed E-state index contributed by atoms with van der Waals surface area (Å²) < 4.78 is 9.61. The van der Waals surface area contributed by atoms with Crippen LogP contribution >= 0.6 is 99.0 Å². The first-order valence-corrected chi connectivity index (χ1v) is 33.1. The van der Waals surface area contributed by atoms with Gasteiger partial charge in [0.1, 0.15) is 0 Å². The van der Waals surface area contributed by atoms with E-state index in [0.717, 1.165) is 46.9 Å². The molecule has 9 aromatic carbocycles. The molecule has 3 atom stereocenters. The molecule has 0 spiro atoms. The van der Waals surface area contributed by atoms with E-state index >= 15 is 0 Å². The van der Waals surface area contributed by atoms with Crippen molar-refractivity contribution < 1.29 is 92.7 Å². The monoisotopic (exact) mass is 1530 g/mol. The van der Waals surface area contributed by atoms with Crippen LogP contribution in [0.15, 0.2) is 248 Å². The van der Waals surface area contributed by atoms with E-state index in [4.69, 9.17) is 37.8 Å². The summed E-state index contributed by atoms with van der Waals surface area (Å²) in [5, 5.41) is 32.7. The van der Waals surface area contributed by atoms with E-state index in [-0.39, 0.29) is 130 Å². The number of methoxy groups -OCH3 is 2. The smallest absolute Gasteiger partial charge is 0.870 e. The summed E-state index contributed by atoms with van der Waals surface area (Å²) in [6.45, 7) is 2.04. The van der Waals surface area contributed by atoms with Crippen LogP contribution in [-0.2, 0) is 23.9 Å². The van der Waals surface area contributed by atoms with Gasteiger partial charge in [0, 0.05) is 53.6 Å². The Morgan fingerprint density at radius 1 is 0.431 bits per heavy atom. The van der Waals surface area contributed by atoms with Gasteiger partial charge in [0.05, 0.1) is 76.6 Å². The molecule has 0 aromatic heterocycles. The van der Waals surface area contributed by atoms with Crippen molar-refractivity contribution in [2.75, 3.05) is 48.6 Å². The van der Waals surface area contributed by atoms with Gasteiger partial charge in [0.2, 0.25) is 0 Å². The number of aliphatic carboxylic acids is 1. The number of halogens is 2. The molecule has 0 saturated heterocycles. The second-order valence-electron chi connectivity index (χ2n) is 20.8. The Bertz CT molecular complexity index is 4330. The van der Waals surface area contributed by atoms with Crippen LogP contribution in [0.1, 0.15) is 110 Å². The minimum Gasteiger partial charge on any atom is -0.870 e. The van der Waals surface area contributed by atoms with Gasteiger partial charge in [-0.3, -0.25) is 38.4 Å². The van der Waals surface area contributed by atoms with E-state index in [1.54, 1.807) is 97.1 Å². The molecular formula is C73H72Cl2LiN5O15S6. The number of carboxylic acids is 2. The van der Waals surface area contributed by atoms with Gasteiger partial charge in [-0.2, -0.15) is 40.5 Å². The van der Waals surface area contributed by atoms with Crippen LogP contribution in [0.25, 0.3) is 0 Å². The fourth-order valence-corrected chi connectivity index (χ4v) is 12.9. The second kappa shape index (κ2) is 44.7. The zero-order chi connectivity index (χ0) is 68.7. The van der Waals surface area contributed by atoms with Crippen molar-refractivity contribution in [1.82, 2.24) is 10.6 Å².